The van der Waals surface area contributed by atoms with E-state index in [1.54, 1.807) is 24.3 Å². The van der Waals surface area contributed by atoms with Crippen LogP contribution < -0.4 is 4.74 Å². The van der Waals surface area contributed by atoms with Crippen LogP contribution in [-0.2, 0) is 21.3 Å². The molecule has 7 nitrogen and oxygen atoms in total. The summed E-state index contributed by atoms with van der Waals surface area (Å²) in [4.78, 5) is 2.39. The van der Waals surface area contributed by atoms with Gasteiger partial charge in [-0.1, -0.05) is 12.1 Å². The Morgan fingerprint density at radius 1 is 1.10 bits per heavy atom. The first-order valence-electron chi connectivity index (χ1n) is 9.47. The van der Waals surface area contributed by atoms with Gasteiger partial charge in [0.25, 0.3) is 0 Å². The number of nitrogens with zero attached hydrogens (tertiary/aromatic N) is 3. The predicted octanol–water partition coefficient (Wildman–Crippen LogP) is 2.09. The SMILES string of the molecule is CN(CCOc1ccc(S(=O)(=O)N2CCOCC2)cc1)Cc1ccc(C#N)cc1. The molecule has 2 aromatic carbocycles. The average Bonchev–Trinajstić information content (AvgIpc) is 2.75. The second-order valence-electron chi connectivity index (χ2n) is 6.88. The van der Waals surface area contributed by atoms with Gasteiger partial charge in [0.15, 0.2) is 0 Å². The number of nitriles is 1. The normalized spacial score (nSPS) is 15.2. The van der Waals surface area contributed by atoms with Gasteiger partial charge < -0.3 is 9.47 Å². The number of ether oxygens (including phenoxy) is 2. The summed E-state index contributed by atoms with van der Waals surface area (Å²) < 4.78 is 37.7. The van der Waals surface area contributed by atoms with Crippen LogP contribution in [0.25, 0.3) is 0 Å². The van der Waals surface area contributed by atoms with Crippen molar-refractivity contribution in [2.45, 2.75) is 11.4 Å². The van der Waals surface area contributed by atoms with Crippen LogP contribution in [-0.4, -0.2) is 64.1 Å². The zero-order valence-electron chi connectivity index (χ0n) is 16.5. The maximum Gasteiger partial charge on any atom is 0.243 e. The number of hydrogen-bond acceptors (Lipinski definition) is 6. The fourth-order valence-electron chi connectivity index (χ4n) is 3.04. The Kier molecular flexibility index (Phi) is 7.23. The Bertz CT molecular complexity index is 931. The lowest BCUT2D eigenvalue weighted by Gasteiger charge is -2.26. The number of hydrogen-bond donors (Lipinski definition) is 0. The molecule has 0 radical (unpaired) electrons. The molecule has 1 saturated heterocycles. The molecule has 3 rings (SSSR count). The summed E-state index contributed by atoms with van der Waals surface area (Å²) in [5.74, 6) is 0.637. The van der Waals surface area contributed by atoms with E-state index in [1.165, 1.54) is 4.31 Å². The van der Waals surface area contributed by atoms with Gasteiger partial charge >= 0.3 is 0 Å². The van der Waals surface area contributed by atoms with Gasteiger partial charge in [-0.15, -0.1) is 0 Å². The number of morpholine rings is 1. The van der Waals surface area contributed by atoms with Crippen molar-refractivity contribution in [3.63, 3.8) is 0 Å². The minimum absolute atomic E-state index is 0.268. The third-order valence-corrected chi connectivity index (χ3v) is 6.62. The van der Waals surface area contributed by atoms with E-state index in [2.05, 4.69) is 11.0 Å². The number of sulfonamides is 1. The summed E-state index contributed by atoms with van der Waals surface area (Å²) in [6.07, 6.45) is 0. The van der Waals surface area contributed by atoms with Gasteiger partial charge in [-0.25, -0.2) is 8.42 Å². The molecule has 0 bridgehead atoms. The molecule has 0 aromatic heterocycles. The molecular formula is C21H25N3O4S. The minimum Gasteiger partial charge on any atom is -0.492 e. The monoisotopic (exact) mass is 415 g/mol. The van der Waals surface area contributed by atoms with Crippen molar-refractivity contribution in [3.05, 3.63) is 59.7 Å². The molecular weight excluding hydrogens is 390 g/mol. The zero-order chi connectivity index (χ0) is 20.7. The van der Waals surface area contributed by atoms with Crippen molar-refractivity contribution in [3.8, 4) is 11.8 Å². The minimum atomic E-state index is -3.48. The topological polar surface area (TPSA) is 82.9 Å². The summed E-state index contributed by atoms with van der Waals surface area (Å²) in [6.45, 7) is 3.58. The molecule has 0 atom stereocenters. The summed E-state index contributed by atoms with van der Waals surface area (Å²) in [5.41, 5.74) is 1.78. The van der Waals surface area contributed by atoms with Crippen molar-refractivity contribution >= 4 is 10.0 Å². The van der Waals surface area contributed by atoms with E-state index in [1.807, 2.05) is 31.3 Å². The smallest absolute Gasteiger partial charge is 0.243 e. The fourth-order valence-corrected chi connectivity index (χ4v) is 4.45. The summed E-state index contributed by atoms with van der Waals surface area (Å²) >= 11 is 0. The van der Waals surface area contributed by atoms with E-state index in [-0.39, 0.29) is 4.90 Å². The predicted molar refractivity (Wildman–Crippen MR) is 109 cm³/mol. The molecule has 0 saturated carbocycles. The van der Waals surface area contributed by atoms with Gasteiger partial charge in [-0.05, 0) is 49.0 Å². The quantitative estimate of drug-likeness (QED) is 0.657. The Morgan fingerprint density at radius 2 is 1.76 bits per heavy atom. The van der Waals surface area contributed by atoms with E-state index >= 15 is 0 Å². The standard InChI is InChI=1S/C21H25N3O4S/c1-23(17-19-4-2-18(16-22)3-5-19)10-15-28-20-6-8-21(9-7-20)29(25,26)24-11-13-27-14-12-24/h2-9H,10-15,17H2,1H3. The lowest BCUT2D eigenvalue weighted by atomic mass is 10.1. The molecule has 0 N–H and O–H groups in total. The number of rotatable bonds is 8. The number of likely N-dealkylation sites (N-methyl/N-ethyl adjacent to an activating group) is 1. The van der Waals surface area contributed by atoms with E-state index in [0.717, 1.165) is 12.1 Å². The van der Waals surface area contributed by atoms with Gasteiger partial charge in [0, 0.05) is 26.2 Å². The van der Waals surface area contributed by atoms with Crippen LogP contribution in [0.3, 0.4) is 0 Å². The molecule has 154 valence electrons. The van der Waals surface area contributed by atoms with Gasteiger partial charge in [-0.2, -0.15) is 9.57 Å². The molecule has 8 heteroatoms. The summed E-state index contributed by atoms with van der Waals surface area (Å²) in [5, 5.41) is 8.85. The Labute approximate surface area is 172 Å². The molecule has 1 aliphatic rings. The lowest BCUT2D eigenvalue weighted by Crippen LogP contribution is -2.40. The van der Waals surface area contributed by atoms with Crippen molar-refractivity contribution in [2.75, 3.05) is 46.5 Å². The highest BCUT2D eigenvalue weighted by molar-refractivity contribution is 7.89. The van der Waals surface area contributed by atoms with Crippen LogP contribution in [0, 0.1) is 11.3 Å². The fraction of sp³-hybridized carbons (Fsp3) is 0.381. The van der Waals surface area contributed by atoms with Crippen molar-refractivity contribution in [1.29, 1.82) is 5.26 Å². The van der Waals surface area contributed by atoms with E-state index in [0.29, 0.717) is 50.8 Å². The summed E-state index contributed by atoms with van der Waals surface area (Å²) in [6, 6.07) is 16.2. The van der Waals surface area contributed by atoms with Gasteiger partial charge in [0.05, 0.1) is 29.7 Å². The third-order valence-electron chi connectivity index (χ3n) is 4.71. The van der Waals surface area contributed by atoms with Crippen molar-refractivity contribution in [1.82, 2.24) is 9.21 Å². The van der Waals surface area contributed by atoms with Gasteiger partial charge in [0.2, 0.25) is 10.0 Å². The second kappa shape index (κ2) is 9.85. The first-order valence-corrected chi connectivity index (χ1v) is 10.9. The maximum absolute atomic E-state index is 12.6. The van der Waals surface area contributed by atoms with Crippen LogP contribution in [0.4, 0.5) is 0 Å². The van der Waals surface area contributed by atoms with E-state index in [4.69, 9.17) is 14.7 Å². The van der Waals surface area contributed by atoms with Crippen LogP contribution in [0.2, 0.25) is 0 Å². The van der Waals surface area contributed by atoms with Crippen LogP contribution in [0.1, 0.15) is 11.1 Å². The van der Waals surface area contributed by atoms with Crippen LogP contribution in [0.5, 0.6) is 5.75 Å². The van der Waals surface area contributed by atoms with E-state index < -0.39 is 10.0 Å². The molecule has 0 aliphatic carbocycles. The molecule has 1 fully saturated rings. The second-order valence-corrected chi connectivity index (χ2v) is 8.82. The largest absolute Gasteiger partial charge is 0.492 e. The molecule has 0 unspecified atom stereocenters. The molecule has 1 aliphatic heterocycles. The van der Waals surface area contributed by atoms with Crippen LogP contribution in [0.15, 0.2) is 53.4 Å². The lowest BCUT2D eigenvalue weighted by molar-refractivity contribution is 0.0730. The molecule has 1 heterocycles. The average molecular weight is 416 g/mol. The van der Waals surface area contributed by atoms with Crippen molar-refractivity contribution in [2.24, 2.45) is 0 Å². The molecule has 0 spiro atoms. The zero-order valence-corrected chi connectivity index (χ0v) is 17.3. The Balaban J connectivity index is 1.47. The van der Waals surface area contributed by atoms with Gasteiger partial charge in [0.1, 0.15) is 12.4 Å². The Morgan fingerprint density at radius 3 is 2.38 bits per heavy atom. The third kappa shape index (κ3) is 5.78. The molecule has 2 aromatic rings. The van der Waals surface area contributed by atoms with E-state index in [9.17, 15) is 8.42 Å². The first kappa shape index (κ1) is 21.3. The highest BCUT2D eigenvalue weighted by Gasteiger charge is 2.26. The highest BCUT2D eigenvalue weighted by Crippen LogP contribution is 2.20. The highest BCUT2D eigenvalue weighted by atomic mass is 32.2. The maximum atomic E-state index is 12.6. The first-order chi connectivity index (χ1) is 14.0. The Hall–Kier alpha value is -2.44. The van der Waals surface area contributed by atoms with Crippen LogP contribution >= 0.6 is 0 Å². The van der Waals surface area contributed by atoms with Crippen molar-refractivity contribution < 1.29 is 17.9 Å². The summed E-state index contributed by atoms with van der Waals surface area (Å²) in [7, 11) is -1.48. The molecule has 0 amide bonds. The number of benzene rings is 2. The molecule has 29 heavy (non-hydrogen) atoms. The van der Waals surface area contributed by atoms with Gasteiger partial charge in [-0.3, -0.25) is 4.90 Å².